The number of H-pyrrole nitrogens is 1. The summed E-state index contributed by atoms with van der Waals surface area (Å²) >= 11 is 0. The predicted molar refractivity (Wildman–Crippen MR) is 111 cm³/mol. The van der Waals surface area contributed by atoms with Crippen molar-refractivity contribution in [3.63, 3.8) is 0 Å². The summed E-state index contributed by atoms with van der Waals surface area (Å²) in [4.78, 5) is 31.9. The normalized spacial score (nSPS) is 17.9. The Labute approximate surface area is 171 Å². The molecule has 0 aliphatic carbocycles. The zero-order valence-electron chi connectivity index (χ0n) is 16.3. The predicted octanol–water partition coefficient (Wildman–Crippen LogP) is 3.28. The molecule has 1 aliphatic heterocycles. The highest BCUT2D eigenvalue weighted by atomic mass is 16.5. The lowest BCUT2D eigenvalue weighted by molar-refractivity contribution is 0.0883. The molecular formula is C23H19N3O4. The Morgan fingerprint density at radius 1 is 1.17 bits per heavy atom. The summed E-state index contributed by atoms with van der Waals surface area (Å²) in [5, 5.41) is 3.20. The summed E-state index contributed by atoms with van der Waals surface area (Å²) < 4.78 is 10.9. The number of benzene rings is 2. The first-order valence-corrected chi connectivity index (χ1v) is 9.66. The smallest absolute Gasteiger partial charge is 0.417 e. The highest BCUT2D eigenvalue weighted by molar-refractivity contribution is 5.97. The van der Waals surface area contributed by atoms with Crippen LogP contribution in [0.5, 0.6) is 5.75 Å². The molecule has 4 aromatic rings. The summed E-state index contributed by atoms with van der Waals surface area (Å²) in [6.45, 7) is 2.46. The summed E-state index contributed by atoms with van der Waals surface area (Å²) in [6, 6.07) is 16.6. The molecule has 2 aromatic carbocycles. The second-order valence-corrected chi connectivity index (χ2v) is 7.40. The number of hydrogen-bond acceptors (Lipinski definition) is 5. The lowest BCUT2D eigenvalue weighted by atomic mass is 9.81. The van der Waals surface area contributed by atoms with Gasteiger partial charge in [-0.15, -0.1) is 0 Å². The van der Waals surface area contributed by atoms with Crippen molar-refractivity contribution in [3.05, 3.63) is 93.7 Å². The minimum absolute atomic E-state index is 0.292. The Morgan fingerprint density at radius 3 is 2.83 bits per heavy atom. The molecule has 0 unspecified atom stereocenters. The lowest BCUT2D eigenvalue weighted by Gasteiger charge is -2.39. The maximum atomic E-state index is 13.3. The number of aromatic amines is 1. The molecule has 150 valence electrons. The van der Waals surface area contributed by atoms with E-state index in [2.05, 4.69) is 15.3 Å². The molecule has 7 heteroatoms. The van der Waals surface area contributed by atoms with Crippen LogP contribution >= 0.6 is 0 Å². The van der Waals surface area contributed by atoms with Crippen molar-refractivity contribution >= 4 is 17.0 Å². The van der Waals surface area contributed by atoms with E-state index >= 15 is 0 Å². The molecule has 5 rings (SSSR count). The fourth-order valence-electron chi connectivity index (χ4n) is 3.93. The minimum Gasteiger partial charge on any atom is -0.491 e. The third-order valence-electron chi connectivity index (χ3n) is 5.46. The number of hydrogen-bond donors (Lipinski definition) is 2. The van der Waals surface area contributed by atoms with Crippen LogP contribution in [0.15, 0.2) is 70.0 Å². The highest BCUT2D eigenvalue weighted by Crippen LogP contribution is 2.40. The van der Waals surface area contributed by atoms with Gasteiger partial charge in [-0.25, -0.2) is 4.79 Å². The third kappa shape index (κ3) is 2.95. The van der Waals surface area contributed by atoms with Gasteiger partial charge in [0.25, 0.3) is 5.91 Å². The topological polar surface area (TPSA) is 97.2 Å². The summed E-state index contributed by atoms with van der Waals surface area (Å²) in [7, 11) is 0. The van der Waals surface area contributed by atoms with Crippen LogP contribution < -0.4 is 15.8 Å². The Bertz CT molecular complexity index is 1310. The van der Waals surface area contributed by atoms with E-state index in [4.69, 9.17) is 9.15 Å². The summed E-state index contributed by atoms with van der Waals surface area (Å²) in [5.41, 5.74) is 3.15. The number of nitrogens with zero attached hydrogens (tertiary/aromatic N) is 1. The molecule has 7 nitrogen and oxygen atoms in total. The first kappa shape index (κ1) is 18.2. The number of fused-ring (bicyclic) bond motifs is 2. The van der Waals surface area contributed by atoms with Gasteiger partial charge in [-0.2, -0.15) is 0 Å². The van der Waals surface area contributed by atoms with Crippen LogP contribution in [0.4, 0.5) is 0 Å². The molecule has 1 atom stereocenters. The second-order valence-electron chi connectivity index (χ2n) is 7.40. The Morgan fingerprint density at radius 2 is 2.00 bits per heavy atom. The van der Waals surface area contributed by atoms with Gasteiger partial charge in [-0.05, 0) is 42.8 Å². The van der Waals surface area contributed by atoms with Gasteiger partial charge in [-0.3, -0.25) is 14.8 Å². The number of ether oxygens (including phenoxy) is 1. The van der Waals surface area contributed by atoms with E-state index in [-0.39, 0.29) is 5.91 Å². The number of nitrogens with one attached hydrogen (secondary N) is 2. The van der Waals surface area contributed by atoms with Crippen molar-refractivity contribution < 1.29 is 13.9 Å². The SMILES string of the molecule is Cc1ccc([C@@]2(NC(=O)c3ccc4[nH]c(=O)oc4c3)CCOc3cccnc32)cc1. The number of carbonyl (C=O) groups excluding carboxylic acids is 1. The van der Waals surface area contributed by atoms with Gasteiger partial charge >= 0.3 is 5.76 Å². The number of pyridine rings is 1. The van der Waals surface area contributed by atoms with Gasteiger partial charge in [-0.1, -0.05) is 29.8 Å². The average Bonchev–Trinajstić information content (AvgIpc) is 3.13. The van der Waals surface area contributed by atoms with Gasteiger partial charge in [0.1, 0.15) is 17.0 Å². The number of amides is 1. The Hall–Kier alpha value is -3.87. The number of aryl methyl sites for hydroxylation is 1. The van der Waals surface area contributed by atoms with Crippen molar-refractivity contribution in [3.8, 4) is 5.75 Å². The van der Waals surface area contributed by atoms with Crippen LogP contribution in [0.2, 0.25) is 0 Å². The monoisotopic (exact) mass is 401 g/mol. The maximum Gasteiger partial charge on any atom is 0.417 e. The Balaban J connectivity index is 1.61. The molecule has 3 heterocycles. The fourth-order valence-corrected chi connectivity index (χ4v) is 3.93. The summed E-state index contributed by atoms with van der Waals surface area (Å²) in [5.74, 6) is -0.197. The number of aromatic nitrogens is 2. The second kappa shape index (κ2) is 6.88. The minimum atomic E-state index is -0.840. The third-order valence-corrected chi connectivity index (χ3v) is 5.46. The first-order valence-electron chi connectivity index (χ1n) is 9.66. The van der Waals surface area contributed by atoms with Crippen LogP contribution in [0, 0.1) is 6.92 Å². The van der Waals surface area contributed by atoms with Gasteiger partial charge in [0.05, 0.1) is 12.1 Å². The van der Waals surface area contributed by atoms with Crippen LogP contribution in [-0.4, -0.2) is 22.5 Å². The van der Waals surface area contributed by atoms with Crippen LogP contribution in [0.1, 0.15) is 33.6 Å². The number of oxazole rings is 1. The van der Waals surface area contributed by atoms with Crippen molar-refractivity contribution in [1.82, 2.24) is 15.3 Å². The number of rotatable bonds is 3. The Kier molecular flexibility index (Phi) is 4.17. The van der Waals surface area contributed by atoms with Crippen molar-refractivity contribution in [1.29, 1.82) is 0 Å². The molecule has 0 bridgehead atoms. The van der Waals surface area contributed by atoms with E-state index in [1.807, 2.05) is 43.3 Å². The largest absolute Gasteiger partial charge is 0.491 e. The zero-order valence-corrected chi connectivity index (χ0v) is 16.3. The standard InChI is InChI=1S/C23H19N3O4/c1-14-4-7-16(8-5-14)23(10-12-29-18-3-2-11-24-20(18)23)26-21(27)15-6-9-17-19(13-15)30-22(28)25-17/h2-9,11,13H,10,12H2,1H3,(H,25,28)(H,26,27)/t23-/m0/s1. The van der Waals surface area contributed by atoms with E-state index < -0.39 is 11.3 Å². The van der Waals surface area contributed by atoms with E-state index in [1.54, 1.807) is 24.4 Å². The molecular weight excluding hydrogens is 382 g/mol. The molecule has 0 spiro atoms. The van der Waals surface area contributed by atoms with Gasteiger partial charge < -0.3 is 14.5 Å². The molecule has 30 heavy (non-hydrogen) atoms. The van der Waals surface area contributed by atoms with E-state index in [1.165, 1.54) is 0 Å². The van der Waals surface area contributed by atoms with Crippen molar-refractivity contribution in [2.75, 3.05) is 6.61 Å². The van der Waals surface area contributed by atoms with Crippen LogP contribution in [0.25, 0.3) is 11.1 Å². The molecule has 0 saturated heterocycles. The quantitative estimate of drug-likeness (QED) is 0.549. The van der Waals surface area contributed by atoms with E-state index in [0.29, 0.717) is 41.1 Å². The average molecular weight is 401 g/mol. The molecule has 0 fully saturated rings. The maximum absolute atomic E-state index is 13.3. The van der Waals surface area contributed by atoms with Gasteiger partial charge in [0.15, 0.2) is 5.58 Å². The number of carbonyl (C=O) groups is 1. The van der Waals surface area contributed by atoms with E-state index in [0.717, 1.165) is 11.1 Å². The van der Waals surface area contributed by atoms with Crippen molar-refractivity contribution in [2.24, 2.45) is 0 Å². The van der Waals surface area contributed by atoms with E-state index in [9.17, 15) is 9.59 Å². The zero-order chi connectivity index (χ0) is 20.7. The molecule has 2 aromatic heterocycles. The van der Waals surface area contributed by atoms with Crippen LogP contribution in [0.3, 0.4) is 0 Å². The van der Waals surface area contributed by atoms with Crippen molar-refractivity contribution in [2.45, 2.75) is 18.9 Å². The molecule has 1 aliphatic rings. The molecule has 0 saturated carbocycles. The summed E-state index contributed by atoms with van der Waals surface area (Å²) in [6.07, 6.45) is 2.23. The molecule has 2 N–H and O–H groups in total. The first-order chi connectivity index (χ1) is 14.5. The van der Waals surface area contributed by atoms with Crippen LogP contribution in [-0.2, 0) is 5.54 Å². The fraction of sp³-hybridized carbons (Fsp3) is 0.174. The van der Waals surface area contributed by atoms with Gasteiger partial charge in [0, 0.05) is 18.2 Å². The molecule has 1 amide bonds. The highest BCUT2D eigenvalue weighted by Gasteiger charge is 2.42. The molecule has 0 radical (unpaired) electrons. The van der Waals surface area contributed by atoms with Gasteiger partial charge in [0.2, 0.25) is 0 Å². The lowest BCUT2D eigenvalue weighted by Crippen LogP contribution is -2.50.